The molecule has 1 unspecified atom stereocenters. The van der Waals surface area contributed by atoms with E-state index in [1.165, 1.54) is 0 Å². The molecule has 4 aromatic heterocycles. The van der Waals surface area contributed by atoms with E-state index in [0.29, 0.717) is 47.5 Å². The first-order valence-corrected chi connectivity index (χ1v) is 9.41. The summed E-state index contributed by atoms with van der Waals surface area (Å²) in [6.07, 6.45) is 5.53. The Morgan fingerprint density at radius 1 is 1.31 bits per heavy atom. The fourth-order valence-corrected chi connectivity index (χ4v) is 3.53. The van der Waals surface area contributed by atoms with Gasteiger partial charge in [-0.15, -0.1) is 5.10 Å². The number of carbonyl (C=O) groups is 1. The molecule has 0 bridgehead atoms. The van der Waals surface area contributed by atoms with Crippen LogP contribution in [-0.4, -0.2) is 45.2 Å². The number of hydrogen-bond donors (Lipinski definition) is 1. The van der Waals surface area contributed by atoms with Crippen LogP contribution in [0.1, 0.15) is 19.3 Å². The topological polar surface area (TPSA) is 104 Å². The second-order valence-electron chi connectivity index (χ2n) is 6.87. The molecule has 5 rings (SSSR count). The van der Waals surface area contributed by atoms with Gasteiger partial charge in [0, 0.05) is 37.2 Å². The van der Waals surface area contributed by atoms with Crippen molar-refractivity contribution in [3.05, 3.63) is 36.7 Å². The number of hydrogen-bond acceptors (Lipinski definition) is 7. The molecule has 1 aliphatic heterocycles. The summed E-state index contributed by atoms with van der Waals surface area (Å²) >= 11 is 0. The van der Waals surface area contributed by atoms with E-state index < -0.39 is 0 Å². The Bertz CT molecular complexity index is 1200. The van der Waals surface area contributed by atoms with Gasteiger partial charge in [-0.3, -0.25) is 4.79 Å². The molecule has 5 heterocycles. The van der Waals surface area contributed by atoms with E-state index in [1.54, 1.807) is 36.2 Å². The molecule has 0 aromatic carbocycles. The van der Waals surface area contributed by atoms with E-state index in [-0.39, 0.29) is 11.9 Å². The minimum atomic E-state index is 0.107. The highest BCUT2D eigenvalue weighted by Gasteiger charge is 2.20. The standard InChI is InChI=1S/C20H19N5O4/c1-27-20-13-10-16(29-15(13)6-8-21-20)14-11-22-17-3-5-19(24-25(14)17)28-9-7-12-2-4-18(26)23-12/h3,5-6,8,10-12H,2,4,7,9H2,1H3,(H,23,26). The molecule has 0 saturated carbocycles. The Balaban J connectivity index is 1.40. The number of carbonyl (C=O) groups excluding carboxylic acids is 1. The molecule has 1 N–H and O–H groups in total. The number of rotatable bonds is 6. The minimum absolute atomic E-state index is 0.107. The number of pyridine rings is 1. The molecule has 1 atom stereocenters. The van der Waals surface area contributed by atoms with Gasteiger partial charge in [0.15, 0.2) is 11.4 Å². The number of nitrogens with one attached hydrogen (secondary N) is 1. The van der Waals surface area contributed by atoms with Gasteiger partial charge in [-0.1, -0.05) is 0 Å². The average Bonchev–Trinajstić information content (AvgIpc) is 3.44. The van der Waals surface area contributed by atoms with Crippen molar-refractivity contribution in [3.8, 4) is 23.2 Å². The Morgan fingerprint density at radius 3 is 3.07 bits per heavy atom. The van der Waals surface area contributed by atoms with Crippen molar-refractivity contribution in [1.29, 1.82) is 0 Å². The van der Waals surface area contributed by atoms with E-state index in [9.17, 15) is 4.79 Å². The van der Waals surface area contributed by atoms with Crippen molar-refractivity contribution in [3.63, 3.8) is 0 Å². The van der Waals surface area contributed by atoms with Gasteiger partial charge in [-0.25, -0.2) is 14.5 Å². The average molecular weight is 393 g/mol. The van der Waals surface area contributed by atoms with Gasteiger partial charge in [0.2, 0.25) is 17.7 Å². The number of furan rings is 1. The quantitative estimate of drug-likeness (QED) is 0.537. The predicted molar refractivity (Wildman–Crippen MR) is 104 cm³/mol. The number of methoxy groups -OCH3 is 1. The molecule has 0 aliphatic carbocycles. The zero-order chi connectivity index (χ0) is 19.8. The summed E-state index contributed by atoms with van der Waals surface area (Å²) in [6.45, 7) is 0.473. The summed E-state index contributed by atoms with van der Waals surface area (Å²) < 4.78 is 18.7. The monoisotopic (exact) mass is 393 g/mol. The van der Waals surface area contributed by atoms with Crippen LogP contribution in [0.3, 0.4) is 0 Å². The van der Waals surface area contributed by atoms with Crippen molar-refractivity contribution in [2.24, 2.45) is 0 Å². The molecule has 9 nitrogen and oxygen atoms in total. The third-order valence-electron chi connectivity index (χ3n) is 4.99. The second kappa shape index (κ2) is 7.08. The summed E-state index contributed by atoms with van der Waals surface area (Å²) in [4.78, 5) is 19.9. The van der Waals surface area contributed by atoms with Crippen LogP contribution < -0.4 is 14.8 Å². The normalized spacial score (nSPS) is 16.4. The SMILES string of the molecule is COc1nccc2oc(-c3cnc4ccc(OCCC5CCC(=O)N5)nn34)cc12. The summed E-state index contributed by atoms with van der Waals surface area (Å²) in [5.74, 6) is 1.70. The third-order valence-corrected chi connectivity index (χ3v) is 4.99. The number of imidazole rings is 1. The van der Waals surface area contributed by atoms with Gasteiger partial charge in [0.1, 0.15) is 11.3 Å². The smallest absolute Gasteiger partial charge is 0.231 e. The lowest BCUT2D eigenvalue weighted by Crippen LogP contribution is -2.26. The van der Waals surface area contributed by atoms with Crippen LogP contribution in [-0.2, 0) is 4.79 Å². The summed E-state index contributed by atoms with van der Waals surface area (Å²) in [5, 5.41) is 8.26. The van der Waals surface area contributed by atoms with Crippen LogP contribution >= 0.6 is 0 Å². The first kappa shape index (κ1) is 17.5. The maximum Gasteiger partial charge on any atom is 0.231 e. The molecule has 1 aliphatic rings. The number of ether oxygens (including phenoxy) is 2. The number of fused-ring (bicyclic) bond motifs is 2. The zero-order valence-electron chi connectivity index (χ0n) is 15.8. The van der Waals surface area contributed by atoms with Crippen molar-refractivity contribution >= 4 is 22.5 Å². The highest BCUT2D eigenvalue weighted by atomic mass is 16.5. The zero-order valence-corrected chi connectivity index (χ0v) is 15.8. The lowest BCUT2D eigenvalue weighted by atomic mass is 10.2. The third kappa shape index (κ3) is 3.24. The Kier molecular flexibility index (Phi) is 4.27. The van der Waals surface area contributed by atoms with E-state index in [2.05, 4.69) is 20.4 Å². The predicted octanol–water partition coefficient (Wildman–Crippen LogP) is 2.59. The Hall–Kier alpha value is -3.62. The summed E-state index contributed by atoms with van der Waals surface area (Å²) in [7, 11) is 1.57. The molecule has 1 amide bonds. The molecular formula is C20H19N5O4. The van der Waals surface area contributed by atoms with Gasteiger partial charge in [-0.05, 0) is 18.6 Å². The number of aromatic nitrogens is 4. The van der Waals surface area contributed by atoms with Crippen molar-refractivity contribution in [2.45, 2.75) is 25.3 Å². The fourth-order valence-electron chi connectivity index (χ4n) is 3.53. The fraction of sp³-hybridized carbons (Fsp3) is 0.300. The molecule has 29 heavy (non-hydrogen) atoms. The molecule has 0 radical (unpaired) electrons. The maximum absolute atomic E-state index is 11.3. The van der Waals surface area contributed by atoms with Gasteiger partial charge in [-0.2, -0.15) is 0 Å². The van der Waals surface area contributed by atoms with Crippen molar-refractivity contribution in [2.75, 3.05) is 13.7 Å². The first-order chi connectivity index (χ1) is 14.2. The maximum atomic E-state index is 11.3. The number of amides is 1. The molecule has 1 fully saturated rings. The molecule has 4 aromatic rings. The minimum Gasteiger partial charge on any atom is -0.480 e. The Labute approximate surface area is 165 Å². The van der Waals surface area contributed by atoms with Gasteiger partial charge >= 0.3 is 0 Å². The van der Waals surface area contributed by atoms with E-state index >= 15 is 0 Å². The van der Waals surface area contributed by atoms with E-state index in [4.69, 9.17) is 13.9 Å². The van der Waals surface area contributed by atoms with Crippen molar-refractivity contribution in [1.82, 2.24) is 24.9 Å². The van der Waals surface area contributed by atoms with Gasteiger partial charge < -0.3 is 19.2 Å². The van der Waals surface area contributed by atoms with E-state index in [1.807, 2.05) is 12.1 Å². The van der Waals surface area contributed by atoms with Gasteiger partial charge in [0.05, 0.1) is 25.3 Å². The lowest BCUT2D eigenvalue weighted by Gasteiger charge is -2.10. The second-order valence-corrected chi connectivity index (χ2v) is 6.87. The Morgan fingerprint density at radius 2 is 2.24 bits per heavy atom. The summed E-state index contributed by atoms with van der Waals surface area (Å²) in [6, 6.07) is 7.45. The molecule has 148 valence electrons. The first-order valence-electron chi connectivity index (χ1n) is 9.41. The summed E-state index contributed by atoms with van der Waals surface area (Å²) in [5.41, 5.74) is 2.06. The van der Waals surface area contributed by atoms with Crippen LogP contribution in [0.5, 0.6) is 11.8 Å². The van der Waals surface area contributed by atoms with Gasteiger partial charge in [0.25, 0.3) is 0 Å². The molecule has 1 saturated heterocycles. The largest absolute Gasteiger partial charge is 0.480 e. The van der Waals surface area contributed by atoms with Crippen molar-refractivity contribution < 1.29 is 18.7 Å². The van der Waals surface area contributed by atoms with Crippen LogP contribution in [0.4, 0.5) is 0 Å². The van der Waals surface area contributed by atoms with Crippen LogP contribution in [0.25, 0.3) is 28.1 Å². The van der Waals surface area contributed by atoms with Crippen LogP contribution in [0.15, 0.2) is 41.1 Å². The van der Waals surface area contributed by atoms with E-state index in [0.717, 1.165) is 18.2 Å². The van der Waals surface area contributed by atoms with Crippen LogP contribution in [0, 0.1) is 0 Å². The number of nitrogens with zero attached hydrogens (tertiary/aromatic N) is 4. The molecule has 0 spiro atoms. The lowest BCUT2D eigenvalue weighted by molar-refractivity contribution is -0.119. The molecule has 9 heteroatoms. The highest BCUT2D eigenvalue weighted by molar-refractivity contribution is 5.86. The van der Waals surface area contributed by atoms with Crippen LogP contribution in [0.2, 0.25) is 0 Å². The molecular weight excluding hydrogens is 374 g/mol. The highest BCUT2D eigenvalue weighted by Crippen LogP contribution is 2.32.